The van der Waals surface area contributed by atoms with Crippen LogP contribution in [0.1, 0.15) is 26.2 Å². The predicted octanol–water partition coefficient (Wildman–Crippen LogP) is 0.853. The largest absolute Gasteiger partial charge is 0.395 e. The van der Waals surface area contributed by atoms with Crippen LogP contribution in [-0.2, 0) is 0 Å². The minimum atomic E-state index is 0.306. The third-order valence-electron chi connectivity index (χ3n) is 2.28. The second kappa shape index (κ2) is 3.94. The smallest absolute Gasteiger partial charge is 0.0584 e. The molecule has 0 amide bonds. The molecular formula is C8H17NO. The van der Waals surface area contributed by atoms with Crippen molar-refractivity contribution in [2.24, 2.45) is 0 Å². The normalized spacial score (nSPS) is 24.6. The molecule has 1 aliphatic rings. The number of likely N-dealkylation sites (tertiary alicyclic amines) is 1. The molecule has 1 aliphatic heterocycles. The van der Waals surface area contributed by atoms with Gasteiger partial charge in [0.15, 0.2) is 0 Å². The monoisotopic (exact) mass is 143 g/mol. The van der Waals surface area contributed by atoms with Crippen molar-refractivity contribution in [1.82, 2.24) is 4.90 Å². The average molecular weight is 143 g/mol. The van der Waals surface area contributed by atoms with Crippen molar-refractivity contribution in [2.75, 3.05) is 19.7 Å². The van der Waals surface area contributed by atoms with Gasteiger partial charge < -0.3 is 5.11 Å². The van der Waals surface area contributed by atoms with Crippen LogP contribution in [0.3, 0.4) is 0 Å². The summed E-state index contributed by atoms with van der Waals surface area (Å²) in [6, 6.07) is 0.375. The number of nitrogens with zero attached hydrogens (tertiary/aromatic N) is 1. The molecule has 0 aliphatic carbocycles. The van der Waals surface area contributed by atoms with Crippen LogP contribution in [0.2, 0.25) is 0 Å². The molecule has 1 atom stereocenters. The molecule has 0 aromatic carbocycles. The van der Waals surface area contributed by atoms with E-state index in [9.17, 15) is 0 Å². The molecule has 2 heteroatoms. The number of hydrogen-bond acceptors (Lipinski definition) is 2. The third kappa shape index (κ3) is 1.96. The summed E-state index contributed by atoms with van der Waals surface area (Å²) in [6.07, 6.45) is 3.99. The SMILES string of the molecule is CC(CO)N1CCCCC1. The van der Waals surface area contributed by atoms with Crippen molar-refractivity contribution in [2.45, 2.75) is 32.2 Å². The van der Waals surface area contributed by atoms with Crippen LogP contribution in [-0.4, -0.2) is 35.7 Å². The fraction of sp³-hybridized carbons (Fsp3) is 1.00. The Bertz CT molecular complexity index is 89.3. The van der Waals surface area contributed by atoms with E-state index >= 15 is 0 Å². The molecule has 0 radical (unpaired) electrons. The Morgan fingerprint density at radius 2 is 1.90 bits per heavy atom. The summed E-state index contributed by atoms with van der Waals surface area (Å²) in [5.41, 5.74) is 0. The molecule has 0 spiro atoms. The molecular weight excluding hydrogens is 126 g/mol. The lowest BCUT2D eigenvalue weighted by atomic mass is 10.1. The van der Waals surface area contributed by atoms with E-state index in [1.807, 2.05) is 0 Å². The van der Waals surface area contributed by atoms with Gasteiger partial charge in [0.1, 0.15) is 0 Å². The number of aliphatic hydroxyl groups excluding tert-OH is 1. The maximum absolute atomic E-state index is 8.85. The Hall–Kier alpha value is -0.0800. The van der Waals surface area contributed by atoms with Crippen LogP contribution < -0.4 is 0 Å². The van der Waals surface area contributed by atoms with E-state index in [1.54, 1.807) is 0 Å². The van der Waals surface area contributed by atoms with Gasteiger partial charge in [0.2, 0.25) is 0 Å². The molecule has 0 saturated carbocycles. The molecule has 0 aromatic rings. The van der Waals surface area contributed by atoms with Crippen LogP contribution >= 0.6 is 0 Å². The first-order valence-corrected chi connectivity index (χ1v) is 4.19. The predicted molar refractivity (Wildman–Crippen MR) is 42.0 cm³/mol. The molecule has 60 valence electrons. The molecule has 1 rings (SSSR count). The number of rotatable bonds is 2. The third-order valence-corrected chi connectivity index (χ3v) is 2.28. The van der Waals surface area contributed by atoms with Crippen LogP contribution in [0.15, 0.2) is 0 Å². The maximum Gasteiger partial charge on any atom is 0.0584 e. The fourth-order valence-corrected chi connectivity index (χ4v) is 1.47. The Labute approximate surface area is 62.8 Å². The van der Waals surface area contributed by atoms with Crippen molar-refractivity contribution >= 4 is 0 Å². The second-order valence-electron chi connectivity index (χ2n) is 3.13. The van der Waals surface area contributed by atoms with Gasteiger partial charge in [0.25, 0.3) is 0 Å². The molecule has 10 heavy (non-hydrogen) atoms. The standard InChI is InChI=1S/C8H17NO/c1-8(7-10)9-5-3-2-4-6-9/h8,10H,2-7H2,1H3. The first kappa shape index (κ1) is 8.02. The first-order valence-electron chi connectivity index (χ1n) is 4.19. The van der Waals surface area contributed by atoms with E-state index in [-0.39, 0.29) is 0 Å². The highest BCUT2D eigenvalue weighted by atomic mass is 16.3. The summed E-state index contributed by atoms with van der Waals surface area (Å²) in [4.78, 5) is 2.36. The molecule has 1 heterocycles. The van der Waals surface area contributed by atoms with Gasteiger partial charge in [-0.2, -0.15) is 0 Å². The summed E-state index contributed by atoms with van der Waals surface area (Å²) in [7, 11) is 0. The lowest BCUT2D eigenvalue weighted by Gasteiger charge is -2.30. The van der Waals surface area contributed by atoms with Gasteiger partial charge in [-0.25, -0.2) is 0 Å². The van der Waals surface area contributed by atoms with Crippen molar-refractivity contribution in [3.8, 4) is 0 Å². The highest BCUT2D eigenvalue weighted by Gasteiger charge is 2.14. The number of hydrogen-bond donors (Lipinski definition) is 1. The summed E-state index contributed by atoms with van der Waals surface area (Å²) in [5, 5.41) is 8.85. The van der Waals surface area contributed by atoms with Gasteiger partial charge in [0.05, 0.1) is 6.61 Å². The van der Waals surface area contributed by atoms with E-state index in [0.717, 1.165) is 0 Å². The Balaban J connectivity index is 2.24. The van der Waals surface area contributed by atoms with E-state index in [1.165, 1.54) is 32.4 Å². The maximum atomic E-state index is 8.85. The molecule has 1 N–H and O–H groups in total. The number of piperidine rings is 1. The topological polar surface area (TPSA) is 23.5 Å². The summed E-state index contributed by atoms with van der Waals surface area (Å²) < 4.78 is 0. The lowest BCUT2D eigenvalue weighted by Crippen LogP contribution is -2.39. The zero-order valence-corrected chi connectivity index (χ0v) is 6.71. The summed E-state index contributed by atoms with van der Waals surface area (Å²) in [6.45, 7) is 4.76. The van der Waals surface area contributed by atoms with Gasteiger partial charge in [-0.15, -0.1) is 0 Å². The first-order chi connectivity index (χ1) is 4.84. The van der Waals surface area contributed by atoms with Crippen molar-refractivity contribution in [3.05, 3.63) is 0 Å². The second-order valence-corrected chi connectivity index (χ2v) is 3.13. The van der Waals surface area contributed by atoms with Gasteiger partial charge in [-0.1, -0.05) is 6.42 Å². The summed E-state index contributed by atoms with van der Waals surface area (Å²) in [5.74, 6) is 0. The molecule has 2 nitrogen and oxygen atoms in total. The molecule has 1 fully saturated rings. The van der Waals surface area contributed by atoms with Gasteiger partial charge in [-0.3, -0.25) is 4.90 Å². The van der Waals surface area contributed by atoms with Crippen LogP contribution in [0.4, 0.5) is 0 Å². The van der Waals surface area contributed by atoms with Crippen molar-refractivity contribution in [1.29, 1.82) is 0 Å². The highest BCUT2D eigenvalue weighted by Crippen LogP contribution is 2.10. The zero-order chi connectivity index (χ0) is 7.40. The van der Waals surface area contributed by atoms with Crippen LogP contribution in [0.25, 0.3) is 0 Å². The Kier molecular flexibility index (Phi) is 3.16. The zero-order valence-electron chi connectivity index (χ0n) is 6.71. The quantitative estimate of drug-likeness (QED) is 0.619. The van der Waals surface area contributed by atoms with Crippen molar-refractivity contribution in [3.63, 3.8) is 0 Å². The molecule has 0 bridgehead atoms. The van der Waals surface area contributed by atoms with Gasteiger partial charge in [0, 0.05) is 6.04 Å². The van der Waals surface area contributed by atoms with Crippen molar-refractivity contribution < 1.29 is 5.11 Å². The van der Waals surface area contributed by atoms with E-state index < -0.39 is 0 Å². The fourth-order valence-electron chi connectivity index (χ4n) is 1.47. The summed E-state index contributed by atoms with van der Waals surface area (Å²) >= 11 is 0. The minimum Gasteiger partial charge on any atom is -0.395 e. The van der Waals surface area contributed by atoms with Crippen LogP contribution in [0, 0.1) is 0 Å². The van der Waals surface area contributed by atoms with E-state index in [2.05, 4.69) is 11.8 Å². The Morgan fingerprint density at radius 3 is 2.40 bits per heavy atom. The molecule has 1 unspecified atom stereocenters. The van der Waals surface area contributed by atoms with Gasteiger partial charge >= 0.3 is 0 Å². The Morgan fingerprint density at radius 1 is 1.30 bits per heavy atom. The lowest BCUT2D eigenvalue weighted by molar-refractivity contribution is 0.115. The van der Waals surface area contributed by atoms with E-state index in [0.29, 0.717) is 12.6 Å². The van der Waals surface area contributed by atoms with E-state index in [4.69, 9.17) is 5.11 Å². The van der Waals surface area contributed by atoms with Crippen LogP contribution in [0.5, 0.6) is 0 Å². The molecule has 0 aromatic heterocycles. The average Bonchev–Trinajstić information content (AvgIpc) is 2.05. The number of aliphatic hydroxyl groups is 1. The minimum absolute atomic E-state index is 0.306. The van der Waals surface area contributed by atoms with Gasteiger partial charge in [-0.05, 0) is 32.9 Å². The molecule has 1 saturated heterocycles. The highest BCUT2D eigenvalue weighted by molar-refractivity contribution is 4.69.